The predicted octanol–water partition coefficient (Wildman–Crippen LogP) is 22.8. The van der Waals surface area contributed by atoms with E-state index in [-0.39, 0.29) is 32.2 Å². The van der Waals surface area contributed by atoms with Gasteiger partial charge < -0.3 is 28.5 Å². The zero-order valence-electron chi connectivity index (χ0n) is 56.6. The van der Waals surface area contributed by atoms with E-state index in [4.69, 9.17) is 18.9 Å². The Morgan fingerprint density at radius 3 is 0.952 bits per heavy atom. The summed E-state index contributed by atoms with van der Waals surface area (Å²) in [4.78, 5) is 37.6. The highest BCUT2D eigenvalue weighted by Gasteiger charge is 2.25. The first-order chi connectivity index (χ1) is 41.1. The third kappa shape index (κ3) is 67.0. The van der Waals surface area contributed by atoms with Gasteiger partial charge in [-0.2, -0.15) is 0 Å². The van der Waals surface area contributed by atoms with E-state index in [2.05, 4.69) is 50.3 Å². The summed E-state index contributed by atoms with van der Waals surface area (Å²) in [6.07, 6.45) is 81.4. The van der Waals surface area contributed by atoms with Gasteiger partial charge in [0.15, 0.2) is 6.10 Å². The van der Waals surface area contributed by atoms with Crippen molar-refractivity contribution >= 4 is 17.9 Å². The van der Waals surface area contributed by atoms with E-state index >= 15 is 0 Å². The van der Waals surface area contributed by atoms with Gasteiger partial charge >= 0.3 is 17.9 Å². The van der Waals surface area contributed by atoms with Crippen molar-refractivity contribution in [2.24, 2.45) is 0 Å². The number of allylic oxidation sites excluding steroid dienone is 6. The molecule has 0 heterocycles. The van der Waals surface area contributed by atoms with E-state index in [1.807, 2.05) is 21.1 Å². The summed E-state index contributed by atoms with van der Waals surface area (Å²) in [6.45, 7) is 4.92. The Kier molecular flexibility index (Phi) is 64.5. The van der Waals surface area contributed by atoms with Crippen LogP contribution in [0.5, 0.6) is 0 Å². The Bertz CT molecular complexity index is 1470. The molecule has 9 heteroatoms. The third-order valence-electron chi connectivity index (χ3n) is 16.6. The molecule has 0 spiro atoms. The van der Waals surface area contributed by atoms with E-state index < -0.39 is 24.3 Å². The van der Waals surface area contributed by atoms with E-state index in [1.165, 1.54) is 276 Å². The molecule has 9 nitrogen and oxygen atoms in total. The van der Waals surface area contributed by atoms with Gasteiger partial charge in [0, 0.05) is 12.8 Å². The molecule has 0 aliphatic heterocycles. The molecular weight excluding hydrogens is 1040 g/mol. The predicted molar refractivity (Wildman–Crippen MR) is 360 cm³/mol. The number of ether oxygens (including phenoxy) is 4. The van der Waals surface area contributed by atoms with Crippen LogP contribution in [0.1, 0.15) is 367 Å². The number of quaternary nitrogens is 1. The number of carboxylic acids is 1. The molecule has 0 radical (unpaired) electrons. The molecule has 0 fully saturated rings. The molecule has 1 N–H and O–H groups in total. The second-order valence-corrected chi connectivity index (χ2v) is 26.3. The fraction of sp³-hybridized carbons (Fsp3) is 0.880. The SMILES string of the molecule is CCCCCCC/C=C\C/C=C\C/C=C\CCCCCCCCCCC(=O)OC(COC(=O)CCCCCCCCCCCCCCCCCCCCCCCCCCCCCCCCCCCCCC)COC(OCC[N+](C)(C)C)C(=O)O. The number of aliphatic carboxylic acids is 1. The maximum Gasteiger partial charge on any atom is 0.361 e. The van der Waals surface area contributed by atoms with Crippen LogP contribution in [0.4, 0.5) is 0 Å². The van der Waals surface area contributed by atoms with Crippen molar-refractivity contribution in [3.8, 4) is 0 Å². The normalized spacial score (nSPS) is 12.8. The van der Waals surface area contributed by atoms with Gasteiger partial charge in [-0.1, -0.05) is 339 Å². The number of likely N-dealkylation sites (N-methyl/N-ethyl adjacent to an activating group) is 1. The summed E-state index contributed by atoms with van der Waals surface area (Å²) in [5.74, 6) is -1.99. The zero-order chi connectivity index (χ0) is 61.2. The number of carbonyl (C=O) groups is 3. The van der Waals surface area contributed by atoms with E-state index in [0.29, 0.717) is 23.9 Å². The lowest BCUT2D eigenvalue weighted by Gasteiger charge is -2.25. The molecule has 84 heavy (non-hydrogen) atoms. The molecule has 0 aliphatic rings. The topological polar surface area (TPSA) is 108 Å². The summed E-state index contributed by atoms with van der Waals surface area (Å²) in [5, 5.41) is 9.74. The molecule has 0 bridgehead atoms. The van der Waals surface area contributed by atoms with Crippen LogP contribution in [-0.4, -0.2) is 87.4 Å². The lowest BCUT2D eigenvalue weighted by atomic mass is 10.0. The number of rotatable bonds is 69. The molecule has 2 unspecified atom stereocenters. The smallest absolute Gasteiger partial charge is 0.361 e. The van der Waals surface area contributed by atoms with Gasteiger partial charge in [-0.05, 0) is 51.4 Å². The number of unbranched alkanes of at least 4 members (excludes halogenated alkanes) is 48. The van der Waals surface area contributed by atoms with Crippen LogP contribution in [0, 0.1) is 0 Å². The molecule has 494 valence electrons. The Morgan fingerprint density at radius 2 is 0.643 bits per heavy atom. The maximum atomic E-state index is 12.9. The highest BCUT2D eigenvalue weighted by molar-refractivity contribution is 5.71. The number of carbonyl (C=O) groups excluding carboxylic acids is 2. The van der Waals surface area contributed by atoms with Crippen molar-refractivity contribution in [1.82, 2.24) is 0 Å². The summed E-state index contributed by atoms with van der Waals surface area (Å²) < 4.78 is 23.0. The molecular formula is C75H142NO8+. The van der Waals surface area contributed by atoms with E-state index in [0.717, 1.165) is 57.8 Å². The quantitative estimate of drug-likeness (QED) is 0.0211. The van der Waals surface area contributed by atoms with Crippen LogP contribution in [0.2, 0.25) is 0 Å². The molecule has 0 saturated heterocycles. The number of carboxylic acid groups (broad SMARTS) is 1. The van der Waals surface area contributed by atoms with Crippen LogP contribution in [0.25, 0.3) is 0 Å². The summed E-state index contributed by atoms with van der Waals surface area (Å²) in [5.41, 5.74) is 0. The minimum Gasteiger partial charge on any atom is -0.477 e. The lowest BCUT2D eigenvalue weighted by Crippen LogP contribution is -2.40. The first-order valence-corrected chi connectivity index (χ1v) is 36.7. The van der Waals surface area contributed by atoms with Crippen LogP contribution >= 0.6 is 0 Å². The van der Waals surface area contributed by atoms with Crippen molar-refractivity contribution in [2.75, 3.05) is 47.5 Å². The second-order valence-electron chi connectivity index (χ2n) is 26.3. The molecule has 0 amide bonds. The second kappa shape index (κ2) is 66.5. The van der Waals surface area contributed by atoms with Gasteiger partial charge in [-0.25, -0.2) is 4.79 Å². The van der Waals surface area contributed by atoms with Crippen LogP contribution < -0.4 is 0 Å². The Hall–Kier alpha value is -2.49. The summed E-state index contributed by atoms with van der Waals surface area (Å²) >= 11 is 0. The van der Waals surface area contributed by atoms with E-state index in [9.17, 15) is 19.5 Å². The van der Waals surface area contributed by atoms with Gasteiger partial charge in [0.2, 0.25) is 0 Å². The highest BCUT2D eigenvalue weighted by Crippen LogP contribution is 2.19. The molecule has 2 atom stereocenters. The lowest BCUT2D eigenvalue weighted by molar-refractivity contribution is -0.870. The van der Waals surface area contributed by atoms with Gasteiger partial charge in [-0.3, -0.25) is 9.59 Å². The van der Waals surface area contributed by atoms with Crippen molar-refractivity contribution in [3.63, 3.8) is 0 Å². The molecule has 0 aliphatic carbocycles. The third-order valence-corrected chi connectivity index (χ3v) is 16.6. The van der Waals surface area contributed by atoms with Gasteiger partial charge in [0.1, 0.15) is 13.2 Å². The van der Waals surface area contributed by atoms with Crippen molar-refractivity contribution in [3.05, 3.63) is 36.5 Å². The van der Waals surface area contributed by atoms with Gasteiger partial charge in [0.05, 0.1) is 34.4 Å². The van der Waals surface area contributed by atoms with Gasteiger partial charge in [-0.15, -0.1) is 0 Å². The van der Waals surface area contributed by atoms with Crippen molar-refractivity contribution in [1.29, 1.82) is 0 Å². The zero-order valence-corrected chi connectivity index (χ0v) is 56.6. The van der Waals surface area contributed by atoms with Crippen LogP contribution in [0.15, 0.2) is 36.5 Å². The van der Waals surface area contributed by atoms with Gasteiger partial charge in [0.25, 0.3) is 6.29 Å². The minimum absolute atomic E-state index is 0.181. The fourth-order valence-electron chi connectivity index (χ4n) is 11.0. The molecule has 0 saturated carbocycles. The Balaban J connectivity index is 4.00. The summed E-state index contributed by atoms with van der Waals surface area (Å²) in [7, 11) is 5.98. The number of esters is 2. The number of nitrogens with zero attached hydrogens (tertiary/aromatic N) is 1. The first kappa shape index (κ1) is 81.5. The molecule has 0 aromatic heterocycles. The highest BCUT2D eigenvalue weighted by atomic mass is 16.7. The fourth-order valence-corrected chi connectivity index (χ4v) is 11.0. The number of hydrogen-bond acceptors (Lipinski definition) is 7. The van der Waals surface area contributed by atoms with Crippen LogP contribution in [-0.2, 0) is 33.3 Å². The Labute approximate surface area is 521 Å². The number of hydrogen-bond donors (Lipinski definition) is 1. The van der Waals surface area contributed by atoms with Crippen molar-refractivity contribution in [2.45, 2.75) is 379 Å². The average molecular weight is 1190 g/mol. The average Bonchev–Trinajstić information content (AvgIpc) is 3.51. The molecule has 0 rings (SSSR count). The minimum atomic E-state index is -1.51. The monoisotopic (exact) mass is 1190 g/mol. The van der Waals surface area contributed by atoms with Crippen LogP contribution in [0.3, 0.4) is 0 Å². The van der Waals surface area contributed by atoms with E-state index in [1.54, 1.807) is 0 Å². The summed E-state index contributed by atoms with van der Waals surface area (Å²) in [6, 6.07) is 0. The largest absolute Gasteiger partial charge is 0.477 e. The molecule has 0 aromatic carbocycles. The Morgan fingerprint density at radius 1 is 0.357 bits per heavy atom. The standard InChI is InChI=1S/C75H141NO8/c1-6-8-10-12-14-16-18-20-22-24-26-28-30-31-32-33-34-35-36-37-38-39-40-41-42-44-45-47-49-51-53-55-57-59-61-63-65-72(77)82-69-71(70-83-75(74(79)80)81-68-67-76(3,4)5)84-73(78)66-64-62-60-58-56-54-52-50-48-46-43-29-27-25-23-21-19-17-15-13-11-9-7-2/h19,21,25,27,43,46,71,75H,6-18,20,22-24,26,28-42,44-45,47-70H2,1-5H3/p+1/b21-19-,27-25-,46-43-. The molecule has 0 aromatic rings. The maximum absolute atomic E-state index is 12.9. The van der Waals surface area contributed by atoms with Crippen molar-refractivity contribution < 1.29 is 42.9 Å². The first-order valence-electron chi connectivity index (χ1n) is 36.7.